The van der Waals surface area contributed by atoms with E-state index < -0.39 is 0 Å². The van der Waals surface area contributed by atoms with Crippen LogP contribution in [0.25, 0.3) is 0 Å². The van der Waals surface area contributed by atoms with Gasteiger partial charge in [0.25, 0.3) is 0 Å². The van der Waals surface area contributed by atoms with Crippen LogP contribution in [0.15, 0.2) is 29.2 Å². The molecule has 0 aromatic heterocycles. The lowest BCUT2D eigenvalue weighted by atomic mass is 9.98. The summed E-state index contributed by atoms with van der Waals surface area (Å²) in [5.74, 6) is 0.938. The molecule has 0 radical (unpaired) electrons. The van der Waals surface area contributed by atoms with Gasteiger partial charge in [0.15, 0.2) is 0 Å². The lowest BCUT2D eigenvalue weighted by Crippen LogP contribution is -2.19. The second-order valence-corrected chi connectivity index (χ2v) is 5.93. The van der Waals surface area contributed by atoms with Crippen LogP contribution < -0.4 is 0 Å². The van der Waals surface area contributed by atoms with Gasteiger partial charge in [0, 0.05) is 22.6 Å². The van der Waals surface area contributed by atoms with Crippen LogP contribution in [0, 0.1) is 5.41 Å². The summed E-state index contributed by atoms with van der Waals surface area (Å²) >= 11 is 5.30. The highest BCUT2D eigenvalue weighted by Gasteiger charge is 2.17. The fourth-order valence-electron chi connectivity index (χ4n) is 1.07. The molecule has 1 N–H and O–H groups in total. The molecule has 0 fully saturated rings. The molecule has 0 aliphatic heterocycles. The van der Waals surface area contributed by atoms with Gasteiger partial charge in [-0.3, -0.25) is 0 Å². The Balaban J connectivity index is 2.65. The van der Waals surface area contributed by atoms with Crippen molar-refractivity contribution in [3.05, 3.63) is 29.8 Å². The zero-order valence-corrected chi connectivity index (χ0v) is 11.6. The zero-order valence-electron chi connectivity index (χ0n) is 9.16. The van der Waals surface area contributed by atoms with Crippen molar-refractivity contribution in [3.8, 4) is 0 Å². The second-order valence-electron chi connectivity index (χ2n) is 4.35. The minimum atomic E-state index is -0.00983. The Morgan fingerprint density at radius 2 is 2.00 bits per heavy atom. The van der Waals surface area contributed by atoms with E-state index >= 15 is 0 Å². The summed E-state index contributed by atoms with van der Waals surface area (Å²) in [5, 5.41) is 10.1. The monoisotopic (exact) mass is 288 g/mol. The predicted molar refractivity (Wildman–Crippen MR) is 70.7 cm³/mol. The summed E-state index contributed by atoms with van der Waals surface area (Å²) in [6, 6.07) is 8.37. The summed E-state index contributed by atoms with van der Waals surface area (Å²) in [7, 11) is 0. The Labute approximate surface area is 104 Å². The first-order valence-electron chi connectivity index (χ1n) is 4.96. The number of thioether (sulfide) groups is 1. The Bertz CT molecular complexity index is 312. The molecule has 0 unspecified atom stereocenters. The lowest BCUT2D eigenvalue weighted by molar-refractivity contribution is 0.180. The van der Waals surface area contributed by atoms with Gasteiger partial charge in [-0.05, 0) is 17.0 Å². The smallest absolute Gasteiger partial charge is 0.0490 e. The molecule has 0 heterocycles. The number of halogens is 1. The maximum Gasteiger partial charge on any atom is 0.0490 e. The number of hydrogen-bond acceptors (Lipinski definition) is 2. The first-order valence-corrected chi connectivity index (χ1v) is 7.07. The van der Waals surface area contributed by atoms with E-state index in [1.165, 1.54) is 10.5 Å². The molecule has 0 aliphatic rings. The maximum atomic E-state index is 9.18. The Hall–Kier alpha value is 0.01000. The number of rotatable bonds is 5. The highest BCUT2D eigenvalue weighted by Crippen LogP contribution is 2.30. The first-order chi connectivity index (χ1) is 7.09. The van der Waals surface area contributed by atoms with E-state index in [9.17, 15) is 5.11 Å². The van der Waals surface area contributed by atoms with E-state index in [1.807, 2.05) is 11.8 Å². The number of aliphatic hydroxyl groups is 1. The fraction of sp³-hybridized carbons (Fsp3) is 0.500. The van der Waals surface area contributed by atoms with Gasteiger partial charge in [-0.2, -0.15) is 0 Å². The molecule has 1 aromatic rings. The Morgan fingerprint density at radius 1 is 1.33 bits per heavy atom. The van der Waals surface area contributed by atoms with Gasteiger partial charge in [0.2, 0.25) is 0 Å². The van der Waals surface area contributed by atoms with Crippen LogP contribution in [0.4, 0.5) is 0 Å². The van der Waals surface area contributed by atoms with Crippen molar-refractivity contribution in [2.45, 2.75) is 24.1 Å². The highest BCUT2D eigenvalue weighted by atomic mass is 79.9. The standard InChI is InChI=1S/C12H17BrOS/c1-12(2,8-14)9-15-11-6-4-3-5-10(11)7-13/h3-6,14H,7-9H2,1-2H3. The van der Waals surface area contributed by atoms with Crippen molar-refractivity contribution >= 4 is 27.7 Å². The SMILES string of the molecule is CC(C)(CO)CSc1ccccc1CBr. The number of hydrogen-bond donors (Lipinski definition) is 1. The van der Waals surface area contributed by atoms with Crippen LogP contribution in [0.3, 0.4) is 0 Å². The third-order valence-electron chi connectivity index (χ3n) is 2.16. The highest BCUT2D eigenvalue weighted by molar-refractivity contribution is 9.08. The Kier molecular flexibility index (Phi) is 5.16. The van der Waals surface area contributed by atoms with Crippen LogP contribution in [0.2, 0.25) is 0 Å². The second kappa shape index (κ2) is 5.92. The summed E-state index contributed by atoms with van der Waals surface area (Å²) in [5.41, 5.74) is 1.31. The van der Waals surface area contributed by atoms with Gasteiger partial charge < -0.3 is 5.11 Å². The summed E-state index contributed by atoms with van der Waals surface area (Å²) in [6.45, 7) is 4.39. The molecular weight excluding hydrogens is 272 g/mol. The molecule has 1 aromatic carbocycles. The van der Waals surface area contributed by atoms with Crippen LogP contribution >= 0.6 is 27.7 Å². The average Bonchev–Trinajstić information content (AvgIpc) is 2.27. The van der Waals surface area contributed by atoms with Crippen LogP contribution in [-0.2, 0) is 5.33 Å². The largest absolute Gasteiger partial charge is 0.396 e. The molecule has 0 saturated carbocycles. The van der Waals surface area contributed by atoms with Gasteiger partial charge in [-0.15, -0.1) is 11.8 Å². The van der Waals surface area contributed by atoms with Crippen LogP contribution in [0.1, 0.15) is 19.4 Å². The molecule has 3 heteroatoms. The number of alkyl halides is 1. The predicted octanol–water partition coefficient (Wildman–Crippen LogP) is 3.69. The molecule has 0 spiro atoms. The van der Waals surface area contributed by atoms with Crippen molar-refractivity contribution in [1.82, 2.24) is 0 Å². The molecule has 84 valence electrons. The van der Waals surface area contributed by atoms with Gasteiger partial charge in [0.05, 0.1) is 0 Å². The Morgan fingerprint density at radius 3 is 2.60 bits per heavy atom. The van der Waals surface area contributed by atoms with Crippen molar-refractivity contribution in [2.75, 3.05) is 12.4 Å². The van der Waals surface area contributed by atoms with Crippen molar-refractivity contribution < 1.29 is 5.11 Å². The molecule has 0 atom stereocenters. The van der Waals surface area contributed by atoms with Crippen LogP contribution in [0.5, 0.6) is 0 Å². The van der Waals surface area contributed by atoms with Crippen molar-refractivity contribution in [3.63, 3.8) is 0 Å². The van der Waals surface area contributed by atoms with Gasteiger partial charge >= 0.3 is 0 Å². The normalized spacial score (nSPS) is 11.7. The van der Waals surface area contributed by atoms with E-state index in [-0.39, 0.29) is 12.0 Å². The van der Waals surface area contributed by atoms with E-state index in [0.717, 1.165) is 11.1 Å². The molecule has 1 rings (SSSR count). The lowest BCUT2D eigenvalue weighted by Gasteiger charge is -2.21. The third-order valence-corrected chi connectivity index (χ3v) is 4.40. The summed E-state index contributed by atoms with van der Waals surface area (Å²) in [6.07, 6.45) is 0. The molecule has 15 heavy (non-hydrogen) atoms. The zero-order chi connectivity index (χ0) is 11.3. The van der Waals surface area contributed by atoms with Gasteiger partial charge in [-0.1, -0.05) is 48.0 Å². The number of benzene rings is 1. The summed E-state index contributed by atoms with van der Waals surface area (Å²) in [4.78, 5) is 1.30. The molecule has 0 amide bonds. The van der Waals surface area contributed by atoms with Crippen molar-refractivity contribution in [1.29, 1.82) is 0 Å². The van der Waals surface area contributed by atoms with Gasteiger partial charge in [-0.25, -0.2) is 0 Å². The topological polar surface area (TPSA) is 20.2 Å². The maximum absolute atomic E-state index is 9.18. The van der Waals surface area contributed by atoms with Crippen molar-refractivity contribution in [2.24, 2.45) is 5.41 Å². The third kappa shape index (κ3) is 4.17. The average molecular weight is 289 g/mol. The molecular formula is C12H17BrOS. The minimum Gasteiger partial charge on any atom is -0.396 e. The minimum absolute atomic E-state index is 0.00983. The fourth-order valence-corrected chi connectivity index (χ4v) is 2.89. The van der Waals surface area contributed by atoms with Crippen LogP contribution in [-0.4, -0.2) is 17.5 Å². The molecule has 0 bridgehead atoms. The molecule has 0 aliphatic carbocycles. The quantitative estimate of drug-likeness (QED) is 0.659. The van der Waals surface area contributed by atoms with E-state index in [4.69, 9.17) is 0 Å². The number of aliphatic hydroxyl groups excluding tert-OH is 1. The van der Waals surface area contributed by atoms with Gasteiger partial charge in [0.1, 0.15) is 0 Å². The van der Waals surface area contributed by atoms with E-state index in [2.05, 4.69) is 54.0 Å². The molecule has 0 saturated heterocycles. The molecule has 1 nitrogen and oxygen atoms in total. The summed E-state index contributed by atoms with van der Waals surface area (Å²) < 4.78 is 0. The first kappa shape index (κ1) is 13.1. The van der Waals surface area contributed by atoms with E-state index in [1.54, 1.807) is 0 Å². The van der Waals surface area contributed by atoms with E-state index in [0.29, 0.717) is 0 Å².